The van der Waals surface area contributed by atoms with E-state index in [4.69, 9.17) is 0 Å². The summed E-state index contributed by atoms with van der Waals surface area (Å²) in [6.45, 7) is 0.678. The second kappa shape index (κ2) is 6.63. The van der Waals surface area contributed by atoms with Gasteiger partial charge in [0, 0.05) is 26.7 Å². The largest absolute Gasteiger partial charge is 0.336 e. The molecule has 0 saturated carbocycles. The van der Waals surface area contributed by atoms with Crippen LogP contribution in [0.1, 0.15) is 44.3 Å². The maximum Gasteiger partial charge on any atom is 0.264 e. The highest BCUT2D eigenvalue weighted by Gasteiger charge is 2.19. The van der Waals surface area contributed by atoms with Gasteiger partial charge < -0.3 is 4.90 Å². The van der Waals surface area contributed by atoms with Crippen molar-refractivity contribution in [3.8, 4) is 0 Å². The number of aryl methyl sites for hydroxylation is 2. The minimum atomic E-state index is 0.151. The van der Waals surface area contributed by atoms with Crippen molar-refractivity contribution < 1.29 is 4.79 Å². The Labute approximate surface area is 141 Å². The normalized spacial score (nSPS) is 14.6. The first-order valence-corrected chi connectivity index (χ1v) is 9.72. The third-order valence-corrected chi connectivity index (χ3v) is 6.73. The van der Waals surface area contributed by atoms with E-state index in [1.54, 1.807) is 22.7 Å². The van der Waals surface area contributed by atoms with Gasteiger partial charge in [0.15, 0.2) is 0 Å². The number of hydrogen-bond donors (Lipinski definition) is 0. The van der Waals surface area contributed by atoms with E-state index in [0.29, 0.717) is 6.54 Å². The van der Waals surface area contributed by atoms with Crippen LogP contribution in [-0.4, -0.2) is 17.9 Å². The molecule has 0 aromatic carbocycles. The van der Waals surface area contributed by atoms with Crippen molar-refractivity contribution >= 4 is 44.5 Å². The van der Waals surface area contributed by atoms with E-state index in [2.05, 4.69) is 33.4 Å². The zero-order valence-electron chi connectivity index (χ0n) is 12.0. The zero-order chi connectivity index (χ0) is 14.8. The van der Waals surface area contributed by atoms with Crippen LogP contribution in [0, 0.1) is 0 Å². The lowest BCUT2D eigenvalue weighted by atomic mass is 10.1. The molecule has 0 saturated heterocycles. The second-order valence-corrected chi connectivity index (χ2v) is 8.56. The summed E-state index contributed by atoms with van der Waals surface area (Å²) in [5.41, 5.74) is 1.41. The molecule has 0 N–H and O–H groups in total. The minimum absolute atomic E-state index is 0.151. The van der Waals surface area contributed by atoms with Crippen molar-refractivity contribution in [2.75, 3.05) is 7.05 Å². The molecule has 0 radical (unpaired) electrons. The molecular formula is C16H18BrNOS2. The van der Waals surface area contributed by atoms with Gasteiger partial charge in [-0.1, -0.05) is 6.42 Å². The summed E-state index contributed by atoms with van der Waals surface area (Å²) in [5, 5.41) is 2.06. The molecule has 0 spiro atoms. The first kappa shape index (κ1) is 15.3. The highest BCUT2D eigenvalue weighted by atomic mass is 79.9. The number of halogens is 1. The summed E-state index contributed by atoms with van der Waals surface area (Å²) in [5.74, 6) is 0.151. The van der Waals surface area contributed by atoms with Gasteiger partial charge in [0.2, 0.25) is 0 Å². The molecular weight excluding hydrogens is 366 g/mol. The van der Waals surface area contributed by atoms with Crippen molar-refractivity contribution in [1.29, 1.82) is 0 Å². The van der Waals surface area contributed by atoms with Gasteiger partial charge >= 0.3 is 0 Å². The zero-order valence-corrected chi connectivity index (χ0v) is 15.2. The van der Waals surface area contributed by atoms with Crippen molar-refractivity contribution in [3.63, 3.8) is 0 Å². The molecule has 2 aromatic rings. The molecule has 0 fully saturated rings. The highest BCUT2D eigenvalue weighted by molar-refractivity contribution is 9.10. The summed E-state index contributed by atoms with van der Waals surface area (Å²) >= 11 is 6.85. The average Bonchev–Trinajstić information content (AvgIpc) is 2.99. The topological polar surface area (TPSA) is 20.3 Å². The van der Waals surface area contributed by atoms with Crippen LogP contribution in [0.4, 0.5) is 0 Å². The lowest BCUT2D eigenvalue weighted by Gasteiger charge is -2.15. The molecule has 112 valence electrons. The van der Waals surface area contributed by atoms with E-state index < -0.39 is 0 Å². The van der Waals surface area contributed by atoms with Crippen molar-refractivity contribution in [1.82, 2.24) is 4.90 Å². The molecule has 0 unspecified atom stereocenters. The lowest BCUT2D eigenvalue weighted by molar-refractivity contribution is 0.0791. The number of amides is 1. The molecule has 5 heteroatoms. The molecule has 2 heterocycles. The van der Waals surface area contributed by atoms with Crippen molar-refractivity contribution in [2.24, 2.45) is 0 Å². The molecule has 0 bridgehead atoms. The van der Waals surface area contributed by atoms with Crippen LogP contribution in [0.15, 0.2) is 22.0 Å². The first-order chi connectivity index (χ1) is 10.1. The Hall–Kier alpha value is -0.650. The van der Waals surface area contributed by atoms with E-state index in [0.717, 1.165) is 22.2 Å². The fraction of sp³-hybridized carbons (Fsp3) is 0.438. The molecule has 1 amide bonds. The predicted molar refractivity (Wildman–Crippen MR) is 93.4 cm³/mol. The second-order valence-electron chi connectivity index (χ2n) is 5.51. The third kappa shape index (κ3) is 3.58. The molecule has 3 rings (SSSR count). The Kier molecular flexibility index (Phi) is 4.82. The van der Waals surface area contributed by atoms with Crippen LogP contribution in [0.2, 0.25) is 0 Å². The summed E-state index contributed by atoms with van der Waals surface area (Å²) < 4.78 is 1.09. The van der Waals surface area contributed by atoms with Gasteiger partial charge in [0.05, 0.1) is 11.4 Å². The van der Waals surface area contributed by atoms with E-state index in [9.17, 15) is 4.79 Å². The summed E-state index contributed by atoms with van der Waals surface area (Å²) in [6, 6.07) is 4.21. The quantitative estimate of drug-likeness (QED) is 0.673. The average molecular weight is 384 g/mol. The maximum atomic E-state index is 12.6. The Morgan fingerprint density at radius 3 is 2.86 bits per heavy atom. The van der Waals surface area contributed by atoms with Gasteiger partial charge in [0.25, 0.3) is 5.91 Å². The van der Waals surface area contributed by atoms with Crippen LogP contribution >= 0.6 is 38.6 Å². The monoisotopic (exact) mass is 383 g/mol. The molecule has 2 aromatic heterocycles. The molecule has 1 aliphatic rings. The first-order valence-electron chi connectivity index (χ1n) is 7.23. The molecule has 0 aliphatic heterocycles. The van der Waals surface area contributed by atoms with Crippen LogP contribution in [0.3, 0.4) is 0 Å². The summed E-state index contributed by atoms with van der Waals surface area (Å²) in [7, 11) is 1.89. The van der Waals surface area contributed by atoms with Gasteiger partial charge in [-0.15, -0.1) is 22.7 Å². The maximum absolute atomic E-state index is 12.6. The van der Waals surface area contributed by atoms with Gasteiger partial charge in [-0.05, 0) is 59.3 Å². The number of carbonyl (C=O) groups excluding carboxylic acids is 1. The van der Waals surface area contributed by atoms with Crippen LogP contribution in [0.25, 0.3) is 0 Å². The summed E-state index contributed by atoms with van der Waals surface area (Å²) in [6.07, 6.45) is 6.13. The lowest BCUT2D eigenvalue weighted by Crippen LogP contribution is -2.24. The molecule has 0 atom stereocenters. The van der Waals surface area contributed by atoms with E-state index in [1.165, 1.54) is 34.6 Å². The Balaban J connectivity index is 1.72. The predicted octanol–water partition coefficient (Wildman–Crippen LogP) is 5.11. The van der Waals surface area contributed by atoms with E-state index in [-0.39, 0.29) is 5.91 Å². The van der Waals surface area contributed by atoms with E-state index >= 15 is 0 Å². The van der Waals surface area contributed by atoms with Gasteiger partial charge in [-0.25, -0.2) is 0 Å². The van der Waals surface area contributed by atoms with Crippen molar-refractivity contribution in [2.45, 2.75) is 38.6 Å². The van der Waals surface area contributed by atoms with Crippen LogP contribution in [-0.2, 0) is 19.4 Å². The number of fused-ring (bicyclic) bond motifs is 1. The number of rotatable bonds is 3. The third-order valence-electron chi connectivity index (χ3n) is 3.82. The summed E-state index contributed by atoms with van der Waals surface area (Å²) in [4.78, 5) is 18.0. The number of carbonyl (C=O) groups is 1. The number of hydrogen-bond acceptors (Lipinski definition) is 3. The van der Waals surface area contributed by atoms with Gasteiger partial charge in [-0.2, -0.15) is 0 Å². The number of thiophene rings is 2. The van der Waals surface area contributed by atoms with Gasteiger partial charge in [-0.3, -0.25) is 4.79 Å². The highest BCUT2D eigenvalue weighted by Crippen LogP contribution is 2.30. The van der Waals surface area contributed by atoms with Crippen molar-refractivity contribution in [3.05, 3.63) is 42.2 Å². The van der Waals surface area contributed by atoms with Gasteiger partial charge in [0.1, 0.15) is 0 Å². The Bertz CT molecular complexity index is 623. The van der Waals surface area contributed by atoms with Crippen LogP contribution < -0.4 is 0 Å². The molecule has 1 aliphatic carbocycles. The molecule has 2 nitrogen and oxygen atoms in total. The molecule has 21 heavy (non-hydrogen) atoms. The van der Waals surface area contributed by atoms with Crippen LogP contribution in [0.5, 0.6) is 0 Å². The smallest absolute Gasteiger partial charge is 0.264 e. The fourth-order valence-corrected chi connectivity index (χ4v) is 5.45. The fourth-order valence-electron chi connectivity index (χ4n) is 2.70. The van der Waals surface area contributed by atoms with E-state index in [1.807, 2.05) is 11.9 Å². The Morgan fingerprint density at radius 1 is 1.29 bits per heavy atom. The standard InChI is InChI=1S/C16H18BrNOS2/c1-18(9-13-8-12(17)10-20-13)16(19)15-7-11-5-3-2-4-6-14(11)21-15/h7-8,10H,2-6,9H2,1H3. The minimum Gasteiger partial charge on any atom is -0.336 e. The Morgan fingerprint density at radius 2 is 2.10 bits per heavy atom. The number of nitrogens with zero attached hydrogens (tertiary/aromatic N) is 1. The SMILES string of the molecule is CN(Cc1cc(Br)cs1)C(=O)c1cc2c(s1)CCCCC2.